The molecule has 0 N–H and O–H groups in total. The number of rotatable bonds is 7. The van der Waals surface area contributed by atoms with Gasteiger partial charge in [-0.1, -0.05) is 226 Å². The summed E-state index contributed by atoms with van der Waals surface area (Å²) < 4.78 is 11.5. The number of terminal acetylenes is 1. The monoisotopic (exact) mass is 1280 g/mol. The number of aromatic nitrogens is 2. The van der Waals surface area contributed by atoms with E-state index in [0.29, 0.717) is 5.25 Å². The first-order valence-corrected chi connectivity index (χ1v) is 33.4. The molecule has 0 bridgehead atoms. The van der Waals surface area contributed by atoms with Crippen molar-refractivity contribution in [2.45, 2.75) is 81.9 Å². The summed E-state index contributed by atoms with van der Waals surface area (Å²) >= 11 is 11.2. The lowest BCUT2D eigenvalue weighted by Gasteiger charge is -2.27. The molecule has 0 amide bonds. The predicted octanol–water partition coefficient (Wildman–Crippen LogP) is 24.4. The van der Waals surface area contributed by atoms with Gasteiger partial charge >= 0.3 is 0 Å². The van der Waals surface area contributed by atoms with E-state index in [4.69, 9.17) is 11.2 Å². The van der Waals surface area contributed by atoms with Crippen LogP contribution in [0.15, 0.2) is 298 Å². The SMILES string of the molecule is C#CC1=CC=C2Sc3cc4c(cc3C2C1)c1c2ccccc2c(N(c2ccccc2)c2ccc3c5ccccc5n(-c5ccccc5)c3c2)cc1n4-c1ccccc1.C=CC1=CSC(C)C(C=C)O1.CC.CC.Cc1cccc(Br)c1.Cc1ccccc1S. The zero-order valence-electron chi connectivity index (χ0n) is 51.6. The van der Waals surface area contributed by atoms with Crippen LogP contribution >= 0.6 is 52.1 Å². The molecule has 10 aromatic carbocycles. The van der Waals surface area contributed by atoms with Crippen molar-refractivity contribution in [3.8, 4) is 23.7 Å². The van der Waals surface area contributed by atoms with Crippen LogP contribution in [-0.2, 0) is 4.74 Å². The van der Waals surface area contributed by atoms with Gasteiger partial charge < -0.3 is 18.8 Å². The molecule has 0 saturated carbocycles. The largest absolute Gasteiger partial charge is 0.485 e. The molecule has 0 radical (unpaired) electrons. The summed E-state index contributed by atoms with van der Waals surface area (Å²) in [4.78, 5) is 6.20. The number of halogens is 1. The number of hydrogen-bond donors (Lipinski definition) is 1. The molecule has 89 heavy (non-hydrogen) atoms. The smallest absolute Gasteiger partial charge is 0.128 e. The van der Waals surface area contributed by atoms with Crippen molar-refractivity contribution < 1.29 is 4.74 Å². The van der Waals surface area contributed by atoms with Gasteiger partial charge in [-0.3, -0.25) is 0 Å². The van der Waals surface area contributed by atoms with Gasteiger partial charge in [0.05, 0.1) is 27.8 Å². The summed E-state index contributed by atoms with van der Waals surface area (Å²) in [6.07, 6.45) is 14.8. The van der Waals surface area contributed by atoms with Crippen molar-refractivity contribution in [3.63, 3.8) is 0 Å². The van der Waals surface area contributed by atoms with Gasteiger partial charge in [-0.25, -0.2) is 0 Å². The van der Waals surface area contributed by atoms with Crippen LogP contribution in [-0.4, -0.2) is 20.5 Å². The van der Waals surface area contributed by atoms with E-state index in [9.17, 15) is 0 Å². The van der Waals surface area contributed by atoms with Crippen molar-refractivity contribution >= 4 is 124 Å². The first-order chi connectivity index (χ1) is 43.6. The predicted molar refractivity (Wildman–Crippen MR) is 396 cm³/mol. The minimum absolute atomic E-state index is 0.123. The molecule has 8 heteroatoms. The Morgan fingerprint density at radius 2 is 1.21 bits per heavy atom. The third-order valence-electron chi connectivity index (χ3n) is 15.7. The number of anilines is 3. The maximum Gasteiger partial charge on any atom is 0.128 e. The van der Waals surface area contributed by atoms with Crippen LogP contribution < -0.4 is 4.90 Å². The summed E-state index contributed by atoms with van der Waals surface area (Å²) in [5.41, 5.74) is 15.3. The van der Waals surface area contributed by atoms with Crippen LogP contribution in [0.3, 0.4) is 0 Å². The number of ether oxygens (including phenoxy) is 1. The quantitative estimate of drug-likeness (QED) is 0.0975. The number of aryl methyl sites for hydroxylation is 2. The average molecular weight is 1280 g/mol. The van der Waals surface area contributed by atoms with Crippen molar-refractivity contribution in [2.24, 2.45) is 0 Å². The highest BCUT2D eigenvalue weighted by Gasteiger charge is 2.33. The Kier molecular flexibility index (Phi) is 21.1. The van der Waals surface area contributed by atoms with E-state index < -0.39 is 0 Å². The van der Waals surface area contributed by atoms with Gasteiger partial charge in [0.2, 0.25) is 0 Å². The fourth-order valence-electron chi connectivity index (χ4n) is 11.6. The Bertz CT molecular complexity index is 4590. The fraction of sp³-hybridized carbons (Fsp3) is 0.136. The van der Waals surface area contributed by atoms with E-state index in [1.807, 2.05) is 94.3 Å². The van der Waals surface area contributed by atoms with Crippen molar-refractivity contribution in [3.05, 3.63) is 305 Å². The Morgan fingerprint density at radius 1 is 0.607 bits per heavy atom. The number of benzene rings is 10. The first-order valence-electron chi connectivity index (χ1n) is 30.4. The lowest BCUT2D eigenvalue weighted by Crippen LogP contribution is -2.23. The highest BCUT2D eigenvalue weighted by atomic mass is 79.9. The summed E-state index contributed by atoms with van der Waals surface area (Å²) in [5, 5.41) is 9.86. The number of thioether (sulfide) groups is 2. The highest BCUT2D eigenvalue weighted by molar-refractivity contribution is 9.10. The molecular weight excluding hydrogens is 1210 g/mol. The van der Waals surface area contributed by atoms with Crippen molar-refractivity contribution in [1.82, 2.24) is 9.13 Å². The lowest BCUT2D eigenvalue weighted by atomic mass is 9.87. The van der Waals surface area contributed by atoms with Crippen LogP contribution in [0, 0.1) is 26.2 Å². The molecule has 12 aromatic rings. The van der Waals surface area contributed by atoms with Gasteiger partial charge in [-0.2, -0.15) is 0 Å². The van der Waals surface area contributed by atoms with Gasteiger partial charge in [0, 0.05) is 86.1 Å². The third-order valence-corrected chi connectivity index (χ3v) is 19.0. The minimum atomic E-state index is 0.123. The maximum absolute atomic E-state index is 5.94. The number of allylic oxidation sites excluding steroid dienone is 5. The van der Waals surface area contributed by atoms with Crippen LogP contribution in [0.2, 0.25) is 0 Å². The zero-order chi connectivity index (χ0) is 62.6. The number of para-hydroxylation sites is 4. The van der Waals surface area contributed by atoms with E-state index in [2.05, 4.69) is 276 Å². The average Bonchev–Trinajstić information content (AvgIpc) is 1.79. The summed E-state index contributed by atoms with van der Waals surface area (Å²) in [6, 6.07) is 80.6. The molecule has 1 aliphatic carbocycles. The summed E-state index contributed by atoms with van der Waals surface area (Å²) in [6.45, 7) is 21.6. The second-order valence-electron chi connectivity index (χ2n) is 21.2. The molecule has 0 saturated heterocycles. The van der Waals surface area contributed by atoms with Gasteiger partial charge in [0.15, 0.2) is 0 Å². The molecule has 2 aromatic heterocycles. The van der Waals surface area contributed by atoms with Crippen LogP contribution in [0.4, 0.5) is 17.1 Å². The number of thiol groups is 1. The van der Waals surface area contributed by atoms with Gasteiger partial charge in [-0.15, -0.1) is 30.8 Å². The minimum Gasteiger partial charge on any atom is -0.485 e. The Morgan fingerprint density at radius 3 is 1.83 bits per heavy atom. The van der Waals surface area contributed by atoms with E-state index in [1.54, 1.807) is 17.8 Å². The molecular formula is C81H74BrN3OS3. The number of hydrogen-bond acceptors (Lipinski definition) is 5. The highest BCUT2D eigenvalue weighted by Crippen LogP contribution is 2.55. The lowest BCUT2D eigenvalue weighted by molar-refractivity contribution is 0.163. The van der Waals surface area contributed by atoms with E-state index >= 15 is 0 Å². The molecule has 3 atom stereocenters. The summed E-state index contributed by atoms with van der Waals surface area (Å²) in [7, 11) is 0. The zero-order valence-corrected chi connectivity index (χ0v) is 55.7. The van der Waals surface area contributed by atoms with Crippen LogP contribution in [0.1, 0.15) is 63.6 Å². The first kappa shape index (κ1) is 63.5. The molecule has 3 aliphatic rings. The number of fused-ring (bicyclic) bond motifs is 11. The molecule has 4 nitrogen and oxygen atoms in total. The van der Waals surface area contributed by atoms with Gasteiger partial charge in [-0.05, 0) is 152 Å². The molecule has 4 heterocycles. The van der Waals surface area contributed by atoms with Crippen molar-refractivity contribution in [1.29, 1.82) is 0 Å². The Hall–Kier alpha value is -8.55. The molecule has 3 unspecified atom stereocenters. The topological polar surface area (TPSA) is 22.3 Å². The Balaban J connectivity index is 0.000000231. The normalized spacial score (nSPS) is 15.1. The maximum atomic E-state index is 5.94. The van der Waals surface area contributed by atoms with Crippen molar-refractivity contribution in [2.75, 3.05) is 4.90 Å². The van der Waals surface area contributed by atoms with Gasteiger partial charge in [0.1, 0.15) is 11.9 Å². The Labute approximate surface area is 548 Å². The standard InChI is InChI=1S/C54H35N3S.C9H12OS.C7H7Br.C7H8S.2C2H6/c1-2-35-26-29-52-44(30-35)45-32-46-50(34-53(45)58-52)57(38-20-10-5-11-21-38)51-33-49(41-23-12-13-24-43(41)54(46)51)55(36-16-6-3-7-17-36)39-27-28-42-40-22-14-15-25-47(40)56(48(42)31-39)37-18-8-4-9-19-37;1-4-8-6-11-7(3)9(5-2)10-8;1-6-3-2-4-7(8)5-6;1-6-4-2-3-5-7(6)8;2*1-2/h1,3-29,31-34,44H,30H2;4-7,9H,1-2H2,3H3;2-5H,1H3;2-5,8H,1H3;2*1-2H3. The second-order valence-corrected chi connectivity index (χ2v) is 25.0. The fourth-order valence-corrected chi connectivity index (χ4v) is 14.3. The third kappa shape index (κ3) is 13.6. The molecule has 444 valence electrons. The van der Waals surface area contributed by atoms with E-state index in [0.717, 1.165) is 55.6 Å². The van der Waals surface area contributed by atoms with Crippen LogP contribution in [0.25, 0.3) is 65.8 Å². The molecule has 0 spiro atoms. The number of nitrogens with zero attached hydrogens (tertiary/aromatic N) is 3. The second kappa shape index (κ2) is 29.6. The molecule has 2 aliphatic heterocycles. The van der Waals surface area contributed by atoms with E-state index in [-0.39, 0.29) is 12.0 Å². The van der Waals surface area contributed by atoms with E-state index in [1.165, 1.54) is 80.9 Å². The van der Waals surface area contributed by atoms with Gasteiger partial charge in [0.25, 0.3) is 0 Å². The molecule has 15 rings (SSSR count). The van der Waals surface area contributed by atoms with Crippen LogP contribution in [0.5, 0.6) is 0 Å². The molecule has 0 fully saturated rings. The summed E-state index contributed by atoms with van der Waals surface area (Å²) in [5.74, 6) is 4.07.